The Kier molecular flexibility index (Phi) is 3.42. The molecule has 3 nitrogen and oxygen atoms in total. The first-order chi connectivity index (χ1) is 8.65. The zero-order valence-electron chi connectivity index (χ0n) is 10.7. The van der Waals surface area contributed by atoms with E-state index in [2.05, 4.69) is 0 Å². The van der Waals surface area contributed by atoms with Crippen LogP contribution in [-0.4, -0.2) is 19.3 Å². The van der Waals surface area contributed by atoms with Gasteiger partial charge < -0.3 is 14.6 Å². The lowest BCUT2D eigenvalue weighted by atomic mass is 10.0. The van der Waals surface area contributed by atoms with Gasteiger partial charge in [0.2, 0.25) is 0 Å². The Balaban J connectivity index is 2.64. The van der Waals surface area contributed by atoms with Crippen molar-refractivity contribution in [2.45, 2.75) is 6.92 Å². The molecule has 0 amide bonds. The van der Waals surface area contributed by atoms with Gasteiger partial charge >= 0.3 is 0 Å². The summed E-state index contributed by atoms with van der Waals surface area (Å²) in [6.07, 6.45) is 0. The van der Waals surface area contributed by atoms with Crippen molar-refractivity contribution in [1.29, 1.82) is 0 Å². The molecule has 0 saturated heterocycles. The van der Waals surface area contributed by atoms with Crippen LogP contribution in [0.25, 0.3) is 11.1 Å². The fourth-order valence-corrected chi connectivity index (χ4v) is 1.96. The number of aryl methyl sites for hydroxylation is 1. The fourth-order valence-electron chi connectivity index (χ4n) is 1.96. The molecule has 1 N–H and O–H groups in total. The van der Waals surface area contributed by atoms with Crippen LogP contribution in [0.15, 0.2) is 36.4 Å². The third-order valence-electron chi connectivity index (χ3n) is 2.81. The molecular formula is C15H16O3. The summed E-state index contributed by atoms with van der Waals surface area (Å²) in [5.74, 6) is 1.76. The van der Waals surface area contributed by atoms with E-state index in [0.29, 0.717) is 0 Å². The Hall–Kier alpha value is -2.16. The lowest BCUT2D eigenvalue weighted by Crippen LogP contribution is -1.94. The predicted molar refractivity (Wildman–Crippen MR) is 71.4 cm³/mol. The number of aromatic hydroxyl groups is 1. The van der Waals surface area contributed by atoms with Crippen LogP contribution in [0.4, 0.5) is 0 Å². The van der Waals surface area contributed by atoms with Crippen molar-refractivity contribution in [2.75, 3.05) is 14.2 Å². The standard InChI is InChI=1S/C15H16O3/c1-10-8-13(17-2)15(14(9-10)18-3)11-4-6-12(16)7-5-11/h4-9,16H,1-3H3. The van der Waals surface area contributed by atoms with E-state index in [1.54, 1.807) is 26.4 Å². The molecule has 0 spiro atoms. The van der Waals surface area contributed by atoms with Crippen molar-refractivity contribution in [1.82, 2.24) is 0 Å². The quantitative estimate of drug-likeness (QED) is 0.899. The Morgan fingerprint density at radius 1 is 0.889 bits per heavy atom. The molecule has 3 heteroatoms. The van der Waals surface area contributed by atoms with Gasteiger partial charge in [-0.15, -0.1) is 0 Å². The summed E-state index contributed by atoms with van der Waals surface area (Å²) < 4.78 is 10.8. The van der Waals surface area contributed by atoms with E-state index >= 15 is 0 Å². The number of hydrogen-bond acceptors (Lipinski definition) is 3. The van der Waals surface area contributed by atoms with Gasteiger partial charge in [0.25, 0.3) is 0 Å². The molecule has 94 valence electrons. The van der Waals surface area contributed by atoms with Crippen molar-refractivity contribution in [3.8, 4) is 28.4 Å². The molecule has 0 aliphatic rings. The van der Waals surface area contributed by atoms with E-state index in [1.165, 1.54) is 0 Å². The van der Waals surface area contributed by atoms with E-state index in [9.17, 15) is 5.11 Å². The summed E-state index contributed by atoms with van der Waals surface area (Å²) in [6, 6.07) is 10.9. The maximum absolute atomic E-state index is 9.34. The average molecular weight is 244 g/mol. The maximum Gasteiger partial charge on any atom is 0.130 e. The van der Waals surface area contributed by atoms with Crippen LogP contribution in [0.3, 0.4) is 0 Å². The number of benzene rings is 2. The molecule has 0 radical (unpaired) electrons. The van der Waals surface area contributed by atoms with Gasteiger partial charge in [0.1, 0.15) is 17.2 Å². The van der Waals surface area contributed by atoms with Crippen LogP contribution in [0, 0.1) is 6.92 Å². The second-order valence-electron chi connectivity index (χ2n) is 4.09. The lowest BCUT2D eigenvalue weighted by molar-refractivity contribution is 0.397. The zero-order chi connectivity index (χ0) is 13.1. The van der Waals surface area contributed by atoms with Crippen molar-refractivity contribution in [3.63, 3.8) is 0 Å². The van der Waals surface area contributed by atoms with E-state index in [1.807, 2.05) is 31.2 Å². The Bertz CT molecular complexity index is 519. The highest BCUT2D eigenvalue weighted by atomic mass is 16.5. The van der Waals surface area contributed by atoms with E-state index in [4.69, 9.17) is 9.47 Å². The summed E-state index contributed by atoms with van der Waals surface area (Å²) >= 11 is 0. The summed E-state index contributed by atoms with van der Waals surface area (Å²) in [4.78, 5) is 0. The van der Waals surface area contributed by atoms with Crippen molar-refractivity contribution < 1.29 is 14.6 Å². The van der Waals surface area contributed by atoms with Crippen LogP contribution < -0.4 is 9.47 Å². The highest BCUT2D eigenvalue weighted by Gasteiger charge is 2.13. The number of phenols is 1. The Morgan fingerprint density at radius 2 is 1.39 bits per heavy atom. The van der Waals surface area contributed by atoms with Crippen molar-refractivity contribution in [3.05, 3.63) is 42.0 Å². The molecule has 0 aliphatic carbocycles. The highest BCUT2D eigenvalue weighted by Crippen LogP contribution is 2.39. The minimum atomic E-state index is 0.240. The van der Waals surface area contributed by atoms with E-state index < -0.39 is 0 Å². The van der Waals surface area contributed by atoms with Gasteiger partial charge in [0.15, 0.2) is 0 Å². The minimum absolute atomic E-state index is 0.240. The zero-order valence-corrected chi connectivity index (χ0v) is 10.7. The highest BCUT2D eigenvalue weighted by molar-refractivity contribution is 5.77. The third-order valence-corrected chi connectivity index (χ3v) is 2.81. The van der Waals surface area contributed by atoms with Crippen LogP contribution in [0.5, 0.6) is 17.2 Å². The Morgan fingerprint density at radius 3 is 1.83 bits per heavy atom. The largest absolute Gasteiger partial charge is 0.508 e. The lowest BCUT2D eigenvalue weighted by Gasteiger charge is -2.14. The van der Waals surface area contributed by atoms with Crippen LogP contribution >= 0.6 is 0 Å². The molecule has 0 heterocycles. The maximum atomic E-state index is 9.34. The molecule has 0 fully saturated rings. The summed E-state index contributed by atoms with van der Waals surface area (Å²) in [5, 5.41) is 9.34. The Labute approximate surface area is 107 Å². The molecule has 0 aliphatic heterocycles. The molecule has 0 bridgehead atoms. The molecule has 18 heavy (non-hydrogen) atoms. The van der Waals surface area contributed by atoms with Crippen molar-refractivity contribution in [2.24, 2.45) is 0 Å². The molecule has 2 aromatic rings. The first kappa shape index (κ1) is 12.3. The predicted octanol–water partition coefficient (Wildman–Crippen LogP) is 3.38. The van der Waals surface area contributed by atoms with Gasteiger partial charge in [-0.3, -0.25) is 0 Å². The molecule has 0 aromatic heterocycles. The van der Waals surface area contributed by atoms with E-state index in [0.717, 1.165) is 28.2 Å². The summed E-state index contributed by atoms with van der Waals surface area (Å²) in [7, 11) is 3.27. The number of phenolic OH excluding ortho intramolecular Hbond substituents is 1. The van der Waals surface area contributed by atoms with Gasteiger partial charge in [-0.2, -0.15) is 0 Å². The van der Waals surface area contributed by atoms with Crippen molar-refractivity contribution >= 4 is 0 Å². The van der Waals surface area contributed by atoms with Gasteiger partial charge in [-0.1, -0.05) is 12.1 Å². The van der Waals surface area contributed by atoms with E-state index in [-0.39, 0.29) is 5.75 Å². The SMILES string of the molecule is COc1cc(C)cc(OC)c1-c1ccc(O)cc1. The van der Waals surface area contributed by atoms with Gasteiger partial charge in [0.05, 0.1) is 19.8 Å². The normalized spacial score (nSPS) is 10.2. The van der Waals surface area contributed by atoms with Crippen LogP contribution in [0.2, 0.25) is 0 Å². The number of ether oxygens (including phenoxy) is 2. The number of methoxy groups -OCH3 is 2. The molecular weight excluding hydrogens is 228 g/mol. The number of hydrogen-bond donors (Lipinski definition) is 1. The molecule has 0 unspecified atom stereocenters. The van der Waals surface area contributed by atoms with Gasteiger partial charge in [-0.05, 0) is 42.3 Å². The first-order valence-corrected chi connectivity index (χ1v) is 5.67. The van der Waals surface area contributed by atoms with Gasteiger partial charge in [0, 0.05) is 0 Å². The topological polar surface area (TPSA) is 38.7 Å². The minimum Gasteiger partial charge on any atom is -0.508 e. The molecule has 0 saturated carbocycles. The summed E-state index contributed by atoms with van der Waals surface area (Å²) in [6.45, 7) is 1.99. The third kappa shape index (κ3) is 2.25. The number of rotatable bonds is 3. The molecule has 0 atom stereocenters. The van der Waals surface area contributed by atoms with Crippen LogP contribution in [0.1, 0.15) is 5.56 Å². The second-order valence-corrected chi connectivity index (χ2v) is 4.09. The monoisotopic (exact) mass is 244 g/mol. The average Bonchev–Trinajstić information content (AvgIpc) is 2.39. The fraction of sp³-hybridized carbons (Fsp3) is 0.200. The second kappa shape index (κ2) is 5.00. The molecule has 2 aromatic carbocycles. The first-order valence-electron chi connectivity index (χ1n) is 5.67. The van der Waals surface area contributed by atoms with Crippen LogP contribution in [-0.2, 0) is 0 Å². The summed E-state index contributed by atoms with van der Waals surface area (Å²) in [5.41, 5.74) is 2.92. The van der Waals surface area contributed by atoms with Gasteiger partial charge in [-0.25, -0.2) is 0 Å². The smallest absolute Gasteiger partial charge is 0.130 e. The molecule has 2 rings (SSSR count).